The third-order valence-electron chi connectivity index (χ3n) is 4.29. The molecule has 6 heteroatoms. The number of carbonyl (C=O) groups is 1. The van der Waals surface area contributed by atoms with E-state index in [0.717, 1.165) is 12.8 Å². The summed E-state index contributed by atoms with van der Waals surface area (Å²) in [6, 6.07) is 0. The molecule has 5 nitrogen and oxygen atoms in total. The Hall–Kier alpha value is -0.360. The standard InChI is InChI=1S/C14H26N2O3.ClH/c15-11-14(4-2-1-3-5-14)8-13(17)16-9-12-10-18-6-7-19-12;/h12H,1-11,15H2,(H,16,17);1H. The van der Waals surface area contributed by atoms with Crippen LogP contribution in [0.2, 0.25) is 0 Å². The maximum atomic E-state index is 12.1. The van der Waals surface area contributed by atoms with E-state index in [9.17, 15) is 4.79 Å². The van der Waals surface area contributed by atoms with Crippen molar-refractivity contribution >= 4 is 18.3 Å². The summed E-state index contributed by atoms with van der Waals surface area (Å²) < 4.78 is 10.8. The molecule has 1 aliphatic carbocycles. The van der Waals surface area contributed by atoms with E-state index in [0.29, 0.717) is 39.3 Å². The van der Waals surface area contributed by atoms with Gasteiger partial charge in [-0.2, -0.15) is 0 Å². The summed E-state index contributed by atoms with van der Waals surface area (Å²) in [6.45, 7) is 3.00. The van der Waals surface area contributed by atoms with Gasteiger partial charge in [-0.05, 0) is 24.8 Å². The Morgan fingerprint density at radius 2 is 2.00 bits per heavy atom. The summed E-state index contributed by atoms with van der Waals surface area (Å²) >= 11 is 0. The van der Waals surface area contributed by atoms with Gasteiger partial charge in [0.25, 0.3) is 0 Å². The average molecular weight is 307 g/mol. The van der Waals surface area contributed by atoms with Crippen molar-refractivity contribution in [3.63, 3.8) is 0 Å². The molecule has 2 rings (SSSR count). The van der Waals surface area contributed by atoms with Crippen LogP contribution in [0.4, 0.5) is 0 Å². The van der Waals surface area contributed by atoms with Crippen LogP contribution < -0.4 is 11.1 Å². The first-order chi connectivity index (χ1) is 9.24. The van der Waals surface area contributed by atoms with Gasteiger partial charge in [-0.15, -0.1) is 12.4 Å². The lowest BCUT2D eigenvalue weighted by Gasteiger charge is -2.35. The van der Waals surface area contributed by atoms with Crippen LogP contribution in [-0.2, 0) is 14.3 Å². The summed E-state index contributed by atoms with van der Waals surface area (Å²) in [5.41, 5.74) is 5.93. The van der Waals surface area contributed by atoms with E-state index in [1.165, 1.54) is 19.3 Å². The predicted octanol–water partition coefficient (Wildman–Crippen LogP) is 1.24. The second-order valence-electron chi connectivity index (χ2n) is 5.81. The minimum atomic E-state index is -0.00196. The fourth-order valence-corrected chi connectivity index (χ4v) is 3.04. The fourth-order valence-electron chi connectivity index (χ4n) is 3.04. The van der Waals surface area contributed by atoms with Gasteiger partial charge in [0.2, 0.25) is 5.91 Å². The summed E-state index contributed by atoms with van der Waals surface area (Å²) in [5.74, 6) is 0.0986. The summed E-state index contributed by atoms with van der Waals surface area (Å²) in [4.78, 5) is 12.1. The number of nitrogens with one attached hydrogen (secondary N) is 1. The highest BCUT2D eigenvalue weighted by atomic mass is 35.5. The zero-order chi connectivity index (χ0) is 13.6. The zero-order valence-electron chi connectivity index (χ0n) is 12.1. The molecule has 1 heterocycles. The summed E-state index contributed by atoms with van der Waals surface area (Å²) in [5, 5.41) is 2.96. The lowest BCUT2D eigenvalue weighted by atomic mass is 9.71. The number of carbonyl (C=O) groups excluding carboxylic acids is 1. The van der Waals surface area contributed by atoms with E-state index in [-0.39, 0.29) is 29.8 Å². The summed E-state index contributed by atoms with van der Waals surface area (Å²) in [6.07, 6.45) is 6.39. The molecule has 1 unspecified atom stereocenters. The Morgan fingerprint density at radius 3 is 2.60 bits per heavy atom. The molecule has 3 N–H and O–H groups in total. The number of hydrogen-bond acceptors (Lipinski definition) is 4. The first-order valence-electron chi connectivity index (χ1n) is 7.40. The van der Waals surface area contributed by atoms with Gasteiger partial charge in [0.1, 0.15) is 0 Å². The smallest absolute Gasteiger partial charge is 0.220 e. The highest BCUT2D eigenvalue weighted by molar-refractivity contribution is 5.85. The number of nitrogens with two attached hydrogens (primary N) is 1. The van der Waals surface area contributed by atoms with Crippen molar-refractivity contribution in [3.05, 3.63) is 0 Å². The van der Waals surface area contributed by atoms with Crippen LogP contribution in [0.25, 0.3) is 0 Å². The Bertz CT molecular complexity index is 290. The topological polar surface area (TPSA) is 73.6 Å². The van der Waals surface area contributed by atoms with Gasteiger partial charge in [0.05, 0.1) is 25.9 Å². The van der Waals surface area contributed by atoms with Crippen molar-refractivity contribution in [3.8, 4) is 0 Å². The quantitative estimate of drug-likeness (QED) is 0.801. The Labute approximate surface area is 127 Å². The van der Waals surface area contributed by atoms with Gasteiger partial charge < -0.3 is 20.5 Å². The fraction of sp³-hybridized carbons (Fsp3) is 0.929. The second-order valence-corrected chi connectivity index (χ2v) is 5.81. The third-order valence-corrected chi connectivity index (χ3v) is 4.29. The molecule has 1 atom stereocenters. The molecule has 1 amide bonds. The molecule has 0 radical (unpaired) electrons. The normalized spacial score (nSPS) is 25.6. The predicted molar refractivity (Wildman–Crippen MR) is 80.0 cm³/mol. The highest BCUT2D eigenvalue weighted by Crippen LogP contribution is 2.38. The van der Waals surface area contributed by atoms with Gasteiger partial charge in [-0.1, -0.05) is 19.3 Å². The van der Waals surface area contributed by atoms with Crippen molar-refractivity contribution in [2.45, 2.75) is 44.6 Å². The van der Waals surface area contributed by atoms with Crippen LogP contribution in [0.1, 0.15) is 38.5 Å². The van der Waals surface area contributed by atoms with Crippen molar-refractivity contribution in [1.82, 2.24) is 5.32 Å². The van der Waals surface area contributed by atoms with Gasteiger partial charge >= 0.3 is 0 Å². The lowest BCUT2D eigenvalue weighted by molar-refractivity contribution is -0.126. The first kappa shape index (κ1) is 17.7. The minimum Gasteiger partial charge on any atom is -0.376 e. The van der Waals surface area contributed by atoms with E-state index in [2.05, 4.69) is 5.32 Å². The van der Waals surface area contributed by atoms with Gasteiger partial charge in [0.15, 0.2) is 0 Å². The molecule has 2 aliphatic rings. The van der Waals surface area contributed by atoms with E-state index >= 15 is 0 Å². The number of hydrogen-bond donors (Lipinski definition) is 2. The molecule has 0 aromatic carbocycles. The number of ether oxygens (including phenoxy) is 2. The van der Waals surface area contributed by atoms with Crippen molar-refractivity contribution < 1.29 is 14.3 Å². The molecule has 2 fully saturated rings. The zero-order valence-corrected chi connectivity index (χ0v) is 12.9. The van der Waals surface area contributed by atoms with E-state index in [1.807, 2.05) is 0 Å². The second kappa shape index (κ2) is 8.82. The lowest BCUT2D eigenvalue weighted by Crippen LogP contribution is -2.43. The molecule has 0 spiro atoms. The number of amides is 1. The van der Waals surface area contributed by atoms with Crippen LogP contribution in [0, 0.1) is 5.41 Å². The molecule has 118 valence electrons. The SMILES string of the molecule is Cl.NCC1(CC(=O)NCC2COCCO2)CCCCC1. The summed E-state index contributed by atoms with van der Waals surface area (Å²) in [7, 11) is 0. The van der Waals surface area contributed by atoms with Crippen LogP contribution >= 0.6 is 12.4 Å². The Balaban J connectivity index is 0.00000200. The molecule has 0 aromatic heterocycles. The number of halogens is 1. The molecule has 1 saturated carbocycles. The van der Waals surface area contributed by atoms with Crippen LogP contribution in [0.15, 0.2) is 0 Å². The minimum absolute atomic E-state index is 0. The molecular weight excluding hydrogens is 280 g/mol. The Morgan fingerprint density at radius 1 is 1.25 bits per heavy atom. The van der Waals surface area contributed by atoms with E-state index < -0.39 is 0 Å². The highest BCUT2D eigenvalue weighted by Gasteiger charge is 2.33. The maximum absolute atomic E-state index is 12.1. The van der Waals surface area contributed by atoms with Crippen LogP contribution in [0.5, 0.6) is 0 Å². The molecule has 0 aromatic rings. The third kappa shape index (κ3) is 5.20. The van der Waals surface area contributed by atoms with Gasteiger partial charge in [0, 0.05) is 13.0 Å². The van der Waals surface area contributed by atoms with Gasteiger partial charge in [-0.25, -0.2) is 0 Å². The van der Waals surface area contributed by atoms with Crippen LogP contribution in [0.3, 0.4) is 0 Å². The average Bonchev–Trinajstić information content (AvgIpc) is 2.47. The maximum Gasteiger partial charge on any atom is 0.220 e. The molecule has 20 heavy (non-hydrogen) atoms. The first-order valence-corrected chi connectivity index (χ1v) is 7.40. The van der Waals surface area contributed by atoms with Gasteiger partial charge in [-0.3, -0.25) is 4.79 Å². The van der Waals surface area contributed by atoms with E-state index in [1.54, 1.807) is 0 Å². The monoisotopic (exact) mass is 306 g/mol. The van der Waals surface area contributed by atoms with Crippen molar-refractivity contribution in [1.29, 1.82) is 0 Å². The molecule has 1 aliphatic heterocycles. The van der Waals surface area contributed by atoms with Crippen LogP contribution in [-0.4, -0.2) is 44.9 Å². The number of rotatable bonds is 5. The Kier molecular flexibility index (Phi) is 7.80. The molecular formula is C14H27ClN2O3. The van der Waals surface area contributed by atoms with Crippen molar-refractivity contribution in [2.24, 2.45) is 11.1 Å². The molecule has 0 bridgehead atoms. The van der Waals surface area contributed by atoms with E-state index in [4.69, 9.17) is 15.2 Å². The largest absolute Gasteiger partial charge is 0.376 e. The van der Waals surface area contributed by atoms with Crippen molar-refractivity contribution in [2.75, 3.05) is 32.9 Å². The molecule has 1 saturated heterocycles.